The van der Waals surface area contributed by atoms with Crippen LogP contribution < -0.4 is 10.1 Å². The molecule has 0 radical (unpaired) electrons. The summed E-state index contributed by atoms with van der Waals surface area (Å²) >= 11 is 6.07. The Kier molecular flexibility index (Phi) is 5.45. The van der Waals surface area contributed by atoms with Crippen molar-refractivity contribution in [1.29, 1.82) is 0 Å². The highest BCUT2D eigenvalue weighted by Gasteiger charge is 2.15. The van der Waals surface area contributed by atoms with Gasteiger partial charge in [-0.15, -0.1) is 0 Å². The van der Waals surface area contributed by atoms with E-state index >= 15 is 0 Å². The van der Waals surface area contributed by atoms with Gasteiger partial charge in [0.25, 0.3) is 5.91 Å². The molecule has 4 heteroatoms. The van der Waals surface area contributed by atoms with E-state index < -0.39 is 0 Å². The number of amides is 1. The lowest BCUT2D eigenvalue weighted by molar-refractivity contribution is 0.0935. The molecule has 0 aromatic heterocycles. The van der Waals surface area contributed by atoms with E-state index in [2.05, 4.69) is 5.32 Å². The Morgan fingerprint density at radius 2 is 1.91 bits per heavy atom. The second-order valence-electron chi connectivity index (χ2n) is 5.19. The molecule has 1 N–H and O–H groups in total. The highest BCUT2D eigenvalue weighted by molar-refractivity contribution is 6.32. The van der Waals surface area contributed by atoms with Crippen molar-refractivity contribution >= 4 is 17.5 Å². The largest absolute Gasteiger partial charge is 0.495 e. The van der Waals surface area contributed by atoms with Crippen molar-refractivity contribution in [1.82, 2.24) is 5.32 Å². The lowest BCUT2D eigenvalue weighted by atomic mass is 10.0. The van der Waals surface area contributed by atoms with Gasteiger partial charge >= 0.3 is 0 Å². The molecule has 0 fully saturated rings. The Balaban J connectivity index is 2.15. The smallest absolute Gasteiger partial charge is 0.251 e. The maximum atomic E-state index is 12.4. The predicted octanol–water partition coefficient (Wildman–Crippen LogP) is 4.54. The first-order chi connectivity index (χ1) is 10.5. The Morgan fingerprint density at radius 1 is 1.23 bits per heavy atom. The molecule has 2 aromatic rings. The summed E-state index contributed by atoms with van der Waals surface area (Å²) in [6.45, 7) is 4.09. The molecule has 1 atom stereocenters. The van der Waals surface area contributed by atoms with E-state index in [1.165, 1.54) is 5.56 Å². The van der Waals surface area contributed by atoms with E-state index in [-0.39, 0.29) is 11.9 Å². The van der Waals surface area contributed by atoms with Crippen LogP contribution in [0.25, 0.3) is 0 Å². The summed E-state index contributed by atoms with van der Waals surface area (Å²) < 4.78 is 5.10. The van der Waals surface area contributed by atoms with Crippen molar-refractivity contribution in [3.05, 3.63) is 64.2 Å². The number of rotatable bonds is 5. The van der Waals surface area contributed by atoms with Crippen molar-refractivity contribution in [3.63, 3.8) is 0 Å². The molecule has 0 aliphatic rings. The van der Waals surface area contributed by atoms with E-state index in [4.69, 9.17) is 16.3 Å². The van der Waals surface area contributed by atoms with Gasteiger partial charge in [0.15, 0.2) is 0 Å². The number of hydrogen-bond donors (Lipinski definition) is 1. The van der Waals surface area contributed by atoms with Gasteiger partial charge in [-0.05, 0) is 37.1 Å². The number of methoxy groups -OCH3 is 1. The van der Waals surface area contributed by atoms with Crippen LogP contribution in [-0.4, -0.2) is 13.0 Å². The standard InChI is InChI=1S/C18H20ClNO2/c1-4-16(13-7-5-12(2)6-8-13)20-18(21)14-9-10-17(22-3)15(19)11-14/h5-11,16H,4H2,1-3H3,(H,20,21). The van der Waals surface area contributed by atoms with Crippen molar-refractivity contribution in [2.45, 2.75) is 26.3 Å². The van der Waals surface area contributed by atoms with Crippen LogP contribution in [0.5, 0.6) is 5.75 Å². The quantitative estimate of drug-likeness (QED) is 0.879. The van der Waals surface area contributed by atoms with Crippen LogP contribution >= 0.6 is 11.6 Å². The molecule has 1 unspecified atom stereocenters. The maximum absolute atomic E-state index is 12.4. The lowest BCUT2D eigenvalue weighted by Crippen LogP contribution is -2.28. The molecule has 0 bridgehead atoms. The first-order valence-electron chi connectivity index (χ1n) is 7.26. The molecule has 1 amide bonds. The Bertz CT molecular complexity index is 653. The van der Waals surface area contributed by atoms with Crippen LogP contribution in [0.1, 0.15) is 40.9 Å². The average Bonchev–Trinajstić information content (AvgIpc) is 2.53. The Morgan fingerprint density at radius 3 is 2.45 bits per heavy atom. The number of nitrogens with one attached hydrogen (secondary N) is 1. The second-order valence-corrected chi connectivity index (χ2v) is 5.60. The number of aryl methyl sites for hydroxylation is 1. The first kappa shape index (κ1) is 16.4. The number of carbonyl (C=O) groups is 1. The van der Waals surface area contributed by atoms with Gasteiger partial charge in [0.1, 0.15) is 5.75 Å². The van der Waals surface area contributed by atoms with Gasteiger partial charge in [-0.25, -0.2) is 0 Å². The number of carbonyl (C=O) groups excluding carboxylic acids is 1. The molecule has 22 heavy (non-hydrogen) atoms. The summed E-state index contributed by atoms with van der Waals surface area (Å²) in [6, 6.07) is 13.2. The minimum atomic E-state index is -0.142. The van der Waals surface area contributed by atoms with E-state index in [1.54, 1.807) is 25.3 Å². The third-order valence-electron chi connectivity index (χ3n) is 3.61. The molecule has 2 aromatic carbocycles. The topological polar surface area (TPSA) is 38.3 Å². The highest BCUT2D eigenvalue weighted by atomic mass is 35.5. The molecule has 0 aliphatic heterocycles. The van der Waals surface area contributed by atoms with E-state index in [1.807, 2.05) is 38.1 Å². The molecular formula is C18H20ClNO2. The molecule has 3 nitrogen and oxygen atoms in total. The molecular weight excluding hydrogens is 298 g/mol. The Labute approximate surface area is 136 Å². The van der Waals surface area contributed by atoms with E-state index in [9.17, 15) is 4.79 Å². The van der Waals surface area contributed by atoms with Crippen molar-refractivity contribution < 1.29 is 9.53 Å². The zero-order valence-corrected chi connectivity index (χ0v) is 13.8. The monoisotopic (exact) mass is 317 g/mol. The number of benzene rings is 2. The summed E-state index contributed by atoms with van der Waals surface area (Å²) in [5.41, 5.74) is 2.82. The van der Waals surface area contributed by atoms with E-state index in [0.29, 0.717) is 16.3 Å². The van der Waals surface area contributed by atoms with Gasteiger partial charge in [-0.2, -0.15) is 0 Å². The van der Waals surface area contributed by atoms with Gasteiger partial charge in [-0.3, -0.25) is 4.79 Å². The number of hydrogen-bond acceptors (Lipinski definition) is 2. The third kappa shape index (κ3) is 3.80. The molecule has 0 spiro atoms. The summed E-state index contributed by atoms with van der Waals surface area (Å²) in [7, 11) is 1.55. The summed E-state index contributed by atoms with van der Waals surface area (Å²) in [5, 5.41) is 3.47. The first-order valence-corrected chi connectivity index (χ1v) is 7.64. The van der Waals surface area contributed by atoms with Crippen LogP contribution in [0.2, 0.25) is 5.02 Å². The van der Waals surface area contributed by atoms with Crippen molar-refractivity contribution in [3.8, 4) is 5.75 Å². The van der Waals surface area contributed by atoms with Crippen LogP contribution in [0.3, 0.4) is 0 Å². The number of ether oxygens (including phenoxy) is 1. The van der Waals surface area contributed by atoms with Gasteiger partial charge in [0, 0.05) is 5.56 Å². The highest BCUT2D eigenvalue weighted by Crippen LogP contribution is 2.25. The second kappa shape index (κ2) is 7.32. The Hall–Kier alpha value is -2.00. The summed E-state index contributed by atoms with van der Waals surface area (Å²) in [5.74, 6) is 0.417. The van der Waals surface area contributed by atoms with Crippen molar-refractivity contribution in [2.75, 3.05) is 7.11 Å². The zero-order valence-electron chi connectivity index (χ0n) is 13.0. The normalized spacial score (nSPS) is 11.8. The molecule has 0 heterocycles. The van der Waals surface area contributed by atoms with Crippen molar-refractivity contribution in [2.24, 2.45) is 0 Å². The summed E-state index contributed by atoms with van der Waals surface area (Å²) in [4.78, 5) is 12.4. The molecule has 0 aliphatic carbocycles. The summed E-state index contributed by atoms with van der Waals surface area (Å²) in [6.07, 6.45) is 0.818. The maximum Gasteiger partial charge on any atom is 0.251 e. The molecule has 2 rings (SSSR count). The fourth-order valence-corrected chi connectivity index (χ4v) is 2.53. The average molecular weight is 318 g/mol. The SMILES string of the molecule is CCC(NC(=O)c1ccc(OC)c(Cl)c1)c1ccc(C)cc1. The van der Waals surface area contributed by atoms with Crippen LogP contribution in [-0.2, 0) is 0 Å². The van der Waals surface area contributed by atoms with Gasteiger partial charge in [0.2, 0.25) is 0 Å². The van der Waals surface area contributed by atoms with Gasteiger partial charge in [0.05, 0.1) is 18.2 Å². The molecule has 0 saturated carbocycles. The lowest BCUT2D eigenvalue weighted by Gasteiger charge is -2.18. The molecule has 0 saturated heterocycles. The van der Waals surface area contributed by atoms with Crippen LogP contribution in [0, 0.1) is 6.92 Å². The van der Waals surface area contributed by atoms with Gasteiger partial charge < -0.3 is 10.1 Å². The van der Waals surface area contributed by atoms with Crippen LogP contribution in [0.4, 0.5) is 0 Å². The van der Waals surface area contributed by atoms with Crippen LogP contribution in [0.15, 0.2) is 42.5 Å². The van der Waals surface area contributed by atoms with Gasteiger partial charge in [-0.1, -0.05) is 48.4 Å². The fourth-order valence-electron chi connectivity index (χ4n) is 2.27. The van der Waals surface area contributed by atoms with E-state index in [0.717, 1.165) is 12.0 Å². The third-order valence-corrected chi connectivity index (χ3v) is 3.90. The minimum Gasteiger partial charge on any atom is -0.495 e. The number of halogens is 1. The minimum absolute atomic E-state index is 0.0195. The zero-order chi connectivity index (χ0) is 16.1. The molecule has 116 valence electrons. The fraction of sp³-hybridized carbons (Fsp3) is 0.278. The predicted molar refractivity (Wildman–Crippen MR) is 89.7 cm³/mol.